The molecule has 138 valence electrons. The molecule has 6 heteroatoms. The molecule has 0 radical (unpaired) electrons. The molecule has 2 aliphatic carbocycles. The lowest BCUT2D eigenvalue weighted by Crippen LogP contribution is -2.51. The lowest BCUT2D eigenvalue weighted by Gasteiger charge is -2.41. The Bertz CT molecular complexity index is 607. The van der Waals surface area contributed by atoms with Gasteiger partial charge >= 0.3 is 0 Å². The second-order valence-electron chi connectivity index (χ2n) is 8.10. The summed E-state index contributed by atoms with van der Waals surface area (Å²) in [6, 6.07) is 0. The van der Waals surface area contributed by atoms with E-state index in [1.807, 2.05) is 0 Å². The Morgan fingerprint density at radius 3 is 2.80 bits per heavy atom. The molecule has 0 spiro atoms. The summed E-state index contributed by atoms with van der Waals surface area (Å²) in [5.74, 6) is 2.59. The highest BCUT2D eigenvalue weighted by atomic mass is 16.5. The van der Waals surface area contributed by atoms with Gasteiger partial charge in [0.25, 0.3) is 0 Å². The molecule has 1 saturated heterocycles. The van der Waals surface area contributed by atoms with Crippen LogP contribution in [0.1, 0.15) is 75.4 Å². The minimum Gasteiger partial charge on any atom is -0.385 e. The monoisotopic (exact) mass is 347 g/mol. The number of likely N-dealkylation sites (tertiary alicyclic amines) is 1. The minimum absolute atomic E-state index is 0.223. The molecule has 1 unspecified atom stereocenters. The lowest BCUT2D eigenvalue weighted by atomic mass is 9.76. The van der Waals surface area contributed by atoms with Gasteiger partial charge in [-0.05, 0) is 44.9 Å². The molecule has 6 nitrogen and oxygen atoms in total. The van der Waals surface area contributed by atoms with Crippen LogP contribution in [0.5, 0.6) is 0 Å². The first-order valence-corrected chi connectivity index (χ1v) is 9.84. The smallest absolute Gasteiger partial charge is 0.229 e. The second kappa shape index (κ2) is 7.06. The Balaban J connectivity index is 1.54. The summed E-state index contributed by atoms with van der Waals surface area (Å²) in [4.78, 5) is 19.8. The number of carbonyl (C=O) groups is 1. The van der Waals surface area contributed by atoms with Gasteiger partial charge in [-0.2, -0.15) is 4.98 Å². The van der Waals surface area contributed by atoms with Crippen LogP contribution in [0.2, 0.25) is 0 Å². The molecule has 0 bridgehead atoms. The molecule has 0 aromatic carbocycles. The van der Waals surface area contributed by atoms with Crippen molar-refractivity contribution in [3.05, 3.63) is 11.7 Å². The first-order chi connectivity index (χ1) is 12.2. The van der Waals surface area contributed by atoms with Crippen LogP contribution in [-0.4, -0.2) is 47.8 Å². The number of aromatic nitrogens is 2. The van der Waals surface area contributed by atoms with Crippen molar-refractivity contribution in [1.82, 2.24) is 15.0 Å². The zero-order valence-electron chi connectivity index (χ0n) is 15.2. The van der Waals surface area contributed by atoms with Gasteiger partial charge in [0.15, 0.2) is 5.82 Å². The third-order valence-electron chi connectivity index (χ3n) is 6.22. The molecule has 3 aliphatic rings. The average Bonchev–Trinajstić information content (AvgIpc) is 3.14. The van der Waals surface area contributed by atoms with Gasteiger partial charge in [0.1, 0.15) is 0 Å². The molecule has 1 atom stereocenters. The zero-order valence-corrected chi connectivity index (χ0v) is 15.2. The van der Waals surface area contributed by atoms with E-state index < -0.39 is 0 Å². The summed E-state index contributed by atoms with van der Waals surface area (Å²) in [6.45, 7) is 2.21. The number of ether oxygens (including phenoxy) is 1. The van der Waals surface area contributed by atoms with Gasteiger partial charge in [-0.25, -0.2) is 0 Å². The number of nitrogens with zero attached hydrogens (tertiary/aromatic N) is 3. The normalized spacial score (nSPS) is 27.8. The number of hydrogen-bond donors (Lipinski definition) is 0. The predicted octanol–water partition coefficient (Wildman–Crippen LogP) is 3.03. The maximum absolute atomic E-state index is 12.9. The molecule has 2 saturated carbocycles. The number of carbonyl (C=O) groups excluding carboxylic acids is 1. The largest absolute Gasteiger partial charge is 0.385 e. The molecular formula is C19H29N3O3. The van der Waals surface area contributed by atoms with Crippen LogP contribution in [0.4, 0.5) is 0 Å². The fourth-order valence-corrected chi connectivity index (χ4v) is 4.49. The highest BCUT2D eigenvalue weighted by molar-refractivity contribution is 5.79. The van der Waals surface area contributed by atoms with Crippen molar-refractivity contribution in [1.29, 1.82) is 0 Å². The fourth-order valence-electron chi connectivity index (χ4n) is 4.49. The number of rotatable bonds is 6. The van der Waals surface area contributed by atoms with Crippen molar-refractivity contribution in [2.24, 2.45) is 5.92 Å². The van der Waals surface area contributed by atoms with Gasteiger partial charge < -0.3 is 14.2 Å². The van der Waals surface area contributed by atoms with E-state index in [1.165, 1.54) is 12.8 Å². The second-order valence-corrected chi connectivity index (χ2v) is 8.10. The van der Waals surface area contributed by atoms with Crippen molar-refractivity contribution < 1.29 is 14.1 Å². The van der Waals surface area contributed by atoms with E-state index in [0.29, 0.717) is 25.0 Å². The summed E-state index contributed by atoms with van der Waals surface area (Å²) >= 11 is 0. The summed E-state index contributed by atoms with van der Waals surface area (Å²) in [7, 11) is 1.73. The van der Waals surface area contributed by atoms with Gasteiger partial charge in [0.05, 0.1) is 5.41 Å². The maximum atomic E-state index is 12.9. The molecule has 1 aromatic rings. The first kappa shape index (κ1) is 17.0. The van der Waals surface area contributed by atoms with E-state index in [9.17, 15) is 4.79 Å². The quantitative estimate of drug-likeness (QED) is 0.791. The molecule has 1 aliphatic heterocycles. The number of piperidine rings is 1. The standard InChI is InChI=1S/C19H29N3O3/c1-24-12-10-19(18-20-16(25-21-18)14-7-8-14)9-4-11-22(13-19)17(23)15-5-2-3-6-15/h14-15H,2-13H2,1H3. The van der Waals surface area contributed by atoms with E-state index in [4.69, 9.17) is 14.2 Å². The summed E-state index contributed by atoms with van der Waals surface area (Å²) in [5.41, 5.74) is -0.223. The molecule has 25 heavy (non-hydrogen) atoms. The van der Waals surface area contributed by atoms with Crippen LogP contribution in [0, 0.1) is 5.92 Å². The molecule has 3 fully saturated rings. The average molecular weight is 347 g/mol. The van der Waals surface area contributed by atoms with E-state index in [2.05, 4.69) is 10.1 Å². The van der Waals surface area contributed by atoms with Gasteiger partial charge in [0, 0.05) is 38.6 Å². The number of hydrogen-bond acceptors (Lipinski definition) is 5. The third-order valence-corrected chi connectivity index (χ3v) is 6.22. The van der Waals surface area contributed by atoms with Crippen LogP contribution in [0.15, 0.2) is 4.52 Å². The lowest BCUT2D eigenvalue weighted by molar-refractivity contribution is -0.138. The van der Waals surface area contributed by atoms with Gasteiger partial charge in [-0.15, -0.1) is 0 Å². The van der Waals surface area contributed by atoms with Crippen molar-refractivity contribution >= 4 is 5.91 Å². The van der Waals surface area contributed by atoms with Crippen LogP contribution in [-0.2, 0) is 14.9 Å². The highest BCUT2D eigenvalue weighted by Crippen LogP contribution is 2.42. The summed E-state index contributed by atoms with van der Waals surface area (Å²) < 4.78 is 10.9. The zero-order chi connectivity index (χ0) is 17.3. The van der Waals surface area contributed by atoms with Crippen molar-refractivity contribution in [3.8, 4) is 0 Å². The molecular weight excluding hydrogens is 318 g/mol. The topological polar surface area (TPSA) is 68.5 Å². The number of amides is 1. The van der Waals surface area contributed by atoms with Gasteiger partial charge in [-0.1, -0.05) is 18.0 Å². The van der Waals surface area contributed by atoms with Crippen molar-refractivity contribution in [3.63, 3.8) is 0 Å². The molecule has 0 N–H and O–H groups in total. The van der Waals surface area contributed by atoms with Crippen molar-refractivity contribution in [2.75, 3.05) is 26.8 Å². The van der Waals surface area contributed by atoms with E-state index in [1.54, 1.807) is 7.11 Å². The Morgan fingerprint density at radius 2 is 2.08 bits per heavy atom. The van der Waals surface area contributed by atoms with E-state index >= 15 is 0 Å². The van der Waals surface area contributed by atoms with Gasteiger partial charge in [-0.3, -0.25) is 4.79 Å². The maximum Gasteiger partial charge on any atom is 0.229 e. The Morgan fingerprint density at radius 1 is 1.28 bits per heavy atom. The third kappa shape index (κ3) is 3.46. The van der Waals surface area contributed by atoms with E-state index in [-0.39, 0.29) is 11.3 Å². The van der Waals surface area contributed by atoms with E-state index in [0.717, 1.165) is 63.2 Å². The Hall–Kier alpha value is -1.43. The van der Waals surface area contributed by atoms with Crippen LogP contribution >= 0.6 is 0 Å². The summed E-state index contributed by atoms with van der Waals surface area (Å²) in [6.07, 6.45) is 9.61. The SMILES string of the molecule is COCCC1(c2noc(C3CC3)n2)CCCN(C(=O)C2CCCC2)C1. The highest BCUT2D eigenvalue weighted by Gasteiger charge is 2.44. The van der Waals surface area contributed by atoms with Crippen molar-refractivity contribution in [2.45, 2.75) is 69.1 Å². The molecule has 4 rings (SSSR count). The predicted molar refractivity (Wildman–Crippen MR) is 92.2 cm³/mol. The minimum atomic E-state index is -0.223. The first-order valence-electron chi connectivity index (χ1n) is 9.84. The molecule has 2 heterocycles. The van der Waals surface area contributed by atoms with Crippen LogP contribution < -0.4 is 0 Å². The van der Waals surface area contributed by atoms with Gasteiger partial charge in [0.2, 0.25) is 11.8 Å². The number of methoxy groups -OCH3 is 1. The molecule has 1 amide bonds. The van der Waals surface area contributed by atoms with Crippen LogP contribution in [0.25, 0.3) is 0 Å². The fraction of sp³-hybridized carbons (Fsp3) is 0.842. The van der Waals surface area contributed by atoms with Crippen LogP contribution in [0.3, 0.4) is 0 Å². The summed E-state index contributed by atoms with van der Waals surface area (Å²) in [5, 5.41) is 4.34. The molecule has 1 aromatic heterocycles. The Labute approximate surface area is 149 Å². The Kier molecular flexibility index (Phi) is 4.80.